The maximum atomic E-state index is 14.2. The summed E-state index contributed by atoms with van der Waals surface area (Å²) in [5.74, 6) is -1.01. The number of hydrogen-bond acceptors (Lipinski definition) is 3. The van der Waals surface area contributed by atoms with Crippen LogP contribution in [0, 0.1) is 23.1 Å². The Morgan fingerprint density at radius 2 is 2.12 bits per heavy atom. The molecule has 0 aliphatic heterocycles. The molecule has 0 radical (unpaired) electrons. The van der Waals surface area contributed by atoms with E-state index in [9.17, 15) is 18.4 Å². The third-order valence-electron chi connectivity index (χ3n) is 4.49. The second-order valence-corrected chi connectivity index (χ2v) is 6.28. The van der Waals surface area contributed by atoms with Gasteiger partial charge in [0.05, 0.1) is 22.5 Å². The number of hydrogen-bond donors (Lipinski definition) is 0. The molecule has 4 rings (SSSR count). The van der Waals surface area contributed by atoms with E-state index in [-0.39, 0.29) is 5.56 Å². The number of nitrogens with zero attached hydrogens (tertiary/aromatic N) is 3. The fourth-order valence-electron chi connectivity index (χ4n) is 3.17. The highest BCUT2D eigenvalue weighted by Gasteiger charge is 2.28. The average Bonchev–Trinajstić information content (AvgIpc) is 3.39. The Bertz CT molecular complexity index is 1000. The van der Waals surface area contributed by atoms with Gasteiger partial charge in [-0.3, -0.25) is 4.98 Å². The van der Waals surface area contributed by atoms with Crippen molar-refractivity contribution in [3.8, 4) is 23.2 Å². The van der Waals surface area contributed by atoms with Crippen molar-refractivity contribution < 1.29 is 17.9 Å². The number of fused-ring (bicyclic) bond motifs is 1. The van der Waals surface area contributed by atoms with Crippen LogP contribution in [0.5, 0.6) is 5.75 Å². The summed E-state index contributed by atoms with van der Waals surface area (Å²) in [7, 11) is 0. The summed E-state index contributed by atoms with van der Waals surface area (Å²) >= 11 is 0. The van der Waals surface area contributed by atoms with Crippen LogP contribution in [0.25, 0.3) is 22.3 Å². The quantitative estimate of drug-likeness (QED) is 0.664. The summed E-state index contributed by atoms with van der Waals surface area (Å²) in [5.41, 5.74) is 1.93. The van der Waals surface area contributed by atoms with Gasteiger partial charge in [-0.25, -0.2) is 4.39 Å². The molecule has 132 valence electrons. The van der Waals surface area contributed by atoms with E-state index in [0.29, 0.717) is 34.8 Å². The standard InChI is InChI=1S/C19H14F3N3O/c20-14-7-12-13(9-23)18(15-3-1-2-6-24-15)25(10-11-4-5-11)16(12)8-17(14)26-19(21)22/h1-3,6-8,11,19H,4-5,10H2. The number of nitriles is 1. The minimum absolute atomic E-state index is 0.279. The van der Waals surface area contributed by atoms with E-state index in [4.69, 9.17) is 0 Å². The number of halogens is 3. The van der Waals surface area contributed by atoms with E-state index in [2.05, 4.69) is 15.8 Å². The molecule has 1 aromatic carbocycles. The van der Waals surface area contributed by atoms with Gasteiger partial charge in [-0.2, -0.15) is 14.0 Å². The molecule has 1 aliphatic rings. The molecular weight excluding hydrogens is 343 g/mol. The zero-order valence-corrected chi connectivity index (χ0v) is 13.6. The van der Waals surface area contributed by atoms with Gasteiger partial charge in [-0.15, -0.1) is 0 Å². The Labute approximate surface area is 147 Å². The normalized spacial score (nSPS) is 14.0. The molecule has 0 N–H and O–H groups in total. The highest BCUT2D eigenvalue weighted by atomic mass is 19.3. The number of pyridine rings is 1. The highest BCUT2D eigenvalue weighted by Crippen LogP contribution is 2.39. The molecule has 0 bridgehead atoms. The lowest BCUT2D eigenvalue weighted by Gasteiger charge is -2.11. The number of alkyl halides is 2. The number of rotatable bonds is 5. The summed E-state index contributed by atoms with van der Waals surface area (Å²) in [5, 5.41) is 10.1. The van der Waals surface area contributed by atoms with Crippen LogP contribution < -0.4 is 4.74 Å². The summed E-state index contributed by atoms with van der Waals surface area (Å²) in [6.07, 6.45) is 3.73. The van der Waals surface area contributed by atoms with Gasteiger partial charge in [0.25, 0.3) is 0 Å². The maximum Gasteiger partial charge on any atom is 0.387 e. The lowest BCUT2D eigenvalue weighted by molar-refractivity contribution is -0.0520. The van der Waals surface area contributed by atoms with E-state index >= 15 is 0 Å². The second-order valence-electron chi connectivity index (χ2n) is 6.28. The first kappa shape index (κ1) is 16.5. The third-order valence-corrected chi connectivity index (χ3v) is 4.49. The van der Waals surface area contributed by atoms with Crippen molar-refractivity contribution in [2.45, 2.75) is 26.0 Å². The predicted molar refractivity (Wildman–Crippen MR) is 89.2 cm³/mol. The van der Waals surface area contributed by atoms with E-state index in [1.165, 1.54) is 6.07 Å². The first-order valence-electron chi connectivity index (χ1n) is 8.20. The molecule has 0 spiro atoms. The lowest BCUT2D eigenvalue weighted by atomic mass is 10.1. The summed E-state index contributed by atoms with van der Waals surface area (Å²) in [6, 6.07) is 9.78. The molecule has 1 fully saturated rings. The van der Waals surface area contributed by atoms with Crippen LogP contribution in [-0.4, -0.2) is 16.2 Å². The second kappa shape index (κ2) is 6.37. The van der Waals surface area contributed by atoms with Crippen LogP contribution in [0.1, 0.15) is 18.4 Å². The van der Waals surface area contributed by atoms with Gasteiger partial charge in [0.1, 0.15) is 6.07 Å². The van der Waals surface area contributed by atoms with Crippen LogP contribution in [0.2, 0.25) is 0 Å². The molecule has 7 heteroatoms. The molecule has 0 saturated heterocycles. The predicted octanol–water partition coefficient (Wildman–Crippen LogP) is 4.73. The fourth-order valence-corrected chi connectivity index (χ4v) is 3.17. The van der Waals surface area contributed by atoms with Crippen molar-refractivity contribution in [2.75, 3.05) is 0 Å². The van der Waals surface area contributed by atoms with Crippen molar-refractivity contribution in [1.82, 2.24) is 9.55 Å². The Morgan fingerprint density at radius 1 is 1.31 bits per heavy atom. The minimum Gasteiger partial charge on any atom is -0.432 e. The number of ether oxygens (including phenoxy) is 1. The minimum atomic E-state index is -3.13. The topological polar surface area (TPSA) is 50.8 Å². The molecule has 2 heterocycles. The molecule has 1 saturated carbocycles. The van der Waals surface area contributed by atoms with Gasteiger partial charge < -0.3 is 9.30 Å². The summed E-state index contributed by atoms with van der Waals surface area (Å²) < 4.78 is 45.5. The number of aromatic nitrogens is 2. The molecule has 0 unspecified atom stereocenters. The Morgan fingerprint density at radius 3 is 2.73 bits per heavy atom. The Balaban J connectivity index is 2.00. The monoisotopic (exact) mass is 357 g/mol. The Kier molecular flexibility index (Phi) is 4.03. The van der Waals surface area contributed by atoms with Crippen LogP contribution in [0.3, 0.4) is 0 Å². The van der Waals surface area contributed by atoms with E-state index in [0.717, 1.165) is 18.9 Å². The third kappa shape index (κ3) is 2.88. The molecule has 26 heavy (non-hydrogen) atoms. The van der Waals surface area contributed by atoms with Gasteiger partial charge >= 0.3 is 6.61 Å². The first-order chi connectivity index (χ1) is 12.6. The van der Waals surface area contributed by atoms with E-state index in [1.54, 1.807) is 24.4 Å². The largest absolute Gasteiger partial charge is 0.432 e. The van der Waals surface area contributed by atoms with Crippen molar-refractivity contribution in [2.24, 2.45) is 5.92 Å². The summed E-state index contributed by atoms with van der Waals surface area (Å²) in [6.45, 7) is -2.51. The number of benzene rings is 1. The van der Waals surface area contributed by atoms with Crippen molar-refractivity contribution in [1.29, 1.82) is 5.26 Å². The molecule has 0 amide bonds. The van der Waals surface area contributed by atoms with Gasteiger partial charge in [-0.1, -0.05) is 6.07 Å². The fraction of sp³-hybridized carbons (Fsp3) is 0.263. The lowest BCUT2D eigenvalue weighted by Crippen LogP contribution is -2.05. The molecular formula is C19H14F3N3O. The smallest absolute Gasteiger partial charge is 0.387 e. The van der Waals surface area contributed by atoms with Gasteiger partial charge in [0.2, 0.25) is 0 Å². The zero-order chi connectivity index (χ0) is 18.3. The van der Waals surface area contributed by atoms with Crippen molar-refractivity contribution >= 4 is 10.9 Å². The molecule has 1 aliphatic carbocycles. The SMILES string of the molecule is N#Cc1c(-c2ccccn2)n(CC2CC2)c2cc(OC(F)F)c(F)cc12. The van der Waals surface area contributed by atoms with Gasteiger partial charge in [0, 0.05) is 24.2 Å². The van der Waals surface area contributed by atoms with Crippen molar-refractivity contribution in [3.63, 3.8) is 0 Å². The van der Waals surface area contributed by atoms with E-state index in [1.807, 2.05) is 4.57 Å². The average molecular weight is 357 g/mol. The van der Waals surface area contributed by atoms with Crippen LogP contribution in [0.4, 0.5) is 13.2 Å². The van der Waals surface area contributed by atoms with Gasteiger partial charge in [-0.05, 0) is 37.0 Å². The van der Waals surface area contributed by atoms with Crippen LogP contribution in [0.15, 0.2) is 36.5 Å². The zero-order valence-electron chi connectivity index (χ0n) is 13.6. The maximum absolute atomic E-state index is 14.2. The molecule has 4 nitrogen and oxygen atoms in total. The molecule has 3 aromatic rings. The van der Waals surface area contributed by atoms with E-state index < -0.39 is 18.2 Å². The Hall–Kier alpha value is -3.01. The highest BCUT2D eigenvalue weighted by molar-refractivity contribution is 5.94. The molecule has 0 atom stereocenters. The van der Waals surface area contributed by atoms with Crippen molar-refractivity contribution in [3.05, 3.63) is 47.9 Å². The van der Waals surface area contributed by atoms with Crippen LogP contribution >= 0.6 is 0 Å². The van der Waals surface area contributed by atoms with Crippen LogP contribution in [-0.2, 0) is 6.54 Å². The van der Waals surface area contributed by atoms with Gasteiger partial charge in [0.15, 0.2) is 11.6 Å². The first-order valence-corrected chi connectivity index (χ1v) is 8.20. The summed E-state index contributed by atoms with van der Waals surface area (Å²) in [4.78, 5) is 4.32. The molecule has 2 aromatic heterocycles.